The van der Waals surface area contributed by atoms with Gasteiger partial charge in [0.15, 0.2) is 0 Å². The van der Waals surface area contributed by atoms with Crippen molar-refractivity contribution >= 4 is 29.4 Å². The number of hydrogen-bond donors (Lipinski definition) is 2. The van der Waals surface area contributed by atoms with E-state index in [2.05, 4.69) is 32.7 Å². The monoisotopic (exact) mass is 567 g/mol. The van der Waals surface area contributed by atoms with Gasteiger partial charge >= 0.3 is 5.97 Å². The van der Waals surface area contributed by atoms with Crippen LogP contribution in [0.1, 0.15) is 78.7 Å². The number of nitrogens with one attached hydrogen (secondary N) is 1. The molecular weight excluding hydrogens is 522 g/mol. The number of carbonyl (C=O) groups is 3. The Labute approximate surface area is 243 Å². The molecule has 40 heavy (non-hydrogen) atoms. The number of benzene rings is 1. The number of aliphatic hydroxyl groups excluding tert-OH is 1. The number of thioether (sulfide) groups is 1. The topological polar surface area (TPSA) is 92.7 Å². The van der Waals surface area contributed by atoms with Gasteiger partial charge < -0.3 is 15.2 Å². The second kappa shape index (κ2) is 10.3. The predicted octanol–water partition coefficient (Wildman–Crippen LogP) is 5.71. The van der Waals surface area contributed by atoms with Gasteiger partial charge in [0.05, 0.1) is 11.9 Å². The van der Waals surface area contributed by atoms with E-state index in [-0.39, 0.29) is 51.6 Å². The number of Topliss-reactive ketones (excluding diaryl/α,β-unsaturated/α-hetero) is 1. The molecule has 4 aliphatic carbocycles. The molecule has 4 unspecified atom stereocenters. The van der Waals surface area contributed by atoms with Gasteiger partial charge in [-0.2, -0.15) is 0 Å². The SMILES string of the molecule is C=C[C@]1(C)C[C@@H](OC(=O)CSc2cccc(CNC(=O)CC)c2)[C@]2(C)C(C)CC34CC(CCC3=O)(C42)[C@@H](C)[C@@H]1O. The van der Waals surface area contributed by atoms with Crippen LogP contribution in [0.3, 0.4) is 0 Å². The Kier molecular flexibility index (Phi) is 7.57. The minimum atomic E-state index is -0.622. The fraction of sp³-hybridized carbons (Fsp3) is 0.667. The van der Waals surface area contributed by atoms with Crippen LogP contribution >= 0.6 is 11.8 Å². The van der Waals surface area contributed by atoms with Gasteiger partial charge in [-0.05, 0) is 66.5 Å². The number of carbonyl (C=O) groups excluding carboxylic acids is 3. The Morgan fingerprint density at radius 1 is 1.25 bits per heavy atom. The Balaban J connectivity index is 1.38. The van der Waals surface area contributed by atoms with Gasteiger partial charge in [-0.15, -0.1) is 18.3 Å². The van der Waals surface area contributed by atoms with E-state index >= 15 is 0 Å². The zero-order valence-electron chi connectivity index (χ0n) is 24.6. The summed E-state index contributed by atoms with van der Waals surface area (Å²) in [6.45, 7) is 15.1. The third-order valence-electron chi connectivity index (χ3n) is 11.7. The molecule has 0 aromatic heterocycles. The lowest BCUT2D eigenvalue weighted by atomic mass is 9.32. The third kappa shape index (κ3) is 4.29. The molecule has 1 amide bonds. The molecule has 9 atom stereocenters. The van der Waals surface area contributed by atoms with Crippen molar-refractivity contribution < 1.29 is 24.2 Å². The molecule has 4 aliphatic rings. The maximum atomic E-state index is 13.4. The molecule has 4 fully saturated rings. The zero-order chi connectivity index (χ0) is 29.1. The maximum Gasteiger partial charge on any atom is 0.316 e. The van der Waals surface area contributed by atoms with Gasteiger partial charge in [0, 0.05) is 40.5 Å². The molecular formula is C33H45NO5S. The highest BCUT2D eigenvalue weighted by molar-refractivity contribution is 8.00. The second-order valence-corrected chi connectivity index (χ2v) is 14.6. The van der Waals surface area contributed by atoms with Crippen LogP contribution in [0.5, 0.6) is 0 Å². The number of ether oxygens (including phenoxy) is 1. The first-order valence-corrected chi connectivity index (χ1v) is 15.9. The first kappa shape index (κ1) is 29.4. The fourth-order valence-corrected chi connectivity index (χ4v) is 10.2. The van der Waals surface area contributed by atoms with Crippen LogP contribution in [0.15, 0.2) is 41.8 Å². The summed E-state index contributed by atoms with van der Waals surface area (Å²) in [5.74, 6) is 0.625. The number of aliphatic hydroxyl groups is 1. The molecule has 2 bridgehead atoms. The predicted molar refractivity (Wildman–Crippen MR) is 156 cm³/mol. The molecule has 4 saturated carbocycles. The van der Waals surface area contributed by atoms with Crippen LogP contribution < -0.4 is 5.32 Å². The number of ketones is 1. The molecule has 1 aromatic carbocycles. The molecule has 0 radical (unpaired) electrons. The van der Waals surface area contributed by atoms with Crippen molar-refractivity contribution in [3.8, 4) is 0 Å². The van der Waals surface area contributed by atoms with Crippen molar-refractivity contribution in [2.75, 3.05) is 5.75 Å². The number of amides is 1. The highest BCUT2D eigenvalue weighted by Crippen LogP contribution is 2.82. The highest BCUT2D eigenvalue weighted by Gasteiger charge is 2.81. The van der Waals surface area contributed by atoms with Gasteiger partial charge in [-0.25, -0.2) is 0 Å². The second-order valence-electron chi connectivity index (χ2n) is 13.6. The average Bonchev–Trinajstić information content (AvgIpc) is 3.13. The van der Waals surface area contributed by atoms with Crippen LogP contribution in [0.4, 0.5) is 0 Å². The Bertz CT molecular complexity index is 1220. The van der Waals surface area contributed by atoms with E-state index in [1.165, 1.54) is 11.8 Å². The van der Waals surface area contributed by atoms with Crippen molar-refractivity contribution in [3.63, 3.8) is 0 Å². The smallest absolute Gasteiger partial charge is 0.316 e. The lowest BCUT2D eigenvalue weighted by Gasteiger charge is -2.71. The van der Waals surface area contributed by atoms with Gasteiger partial charge in [0.2, 0.25) is 5.91 Å². The van der Waals surface area contributed by atoms with Crippen LogP contribution in [0.25, 0.3) is 0 Å². The summed E-state index contributed by atoms with van der Waals surface area (Å²) in [7, 11) is 0. The number of esters is 1. The van der Waals surface area contributed by atoms with E-state index in [0.717, 1.165) is 29.7 Å². The van der Waals surface area contributed by atoms with Crippen LogP contribution in [0, 0.1) is 39.4 Å². The standard InChI is InChI=1S/C33H45NO5S/c1-7-26(36)34-17-22-10-9-11-23(14-22)40-18-27(37)39-25-16-30(5,8-2)28(38)21(4)32-13-12-24(35)33(19-32)15-20(3)31(25,6)29(32)33/h8-11,14,20-21,25,28-29,38H,2,7,12-13,15-19H2,1,3-6H3,(H,34,36)/t20?,21-,25+,28-,29?,30+,31-,32?,33?/m0/s1. The summed E-state index contributed by atoms with van der Waals surface area (Å²) in [6, 6.07) is 7.84. The first-order valence-electron chi connectivity index (χ1n) is 14.9. The molecule has 0 saturated heterocycles. The van der Waals surface area contributed by atoms with E-state index in [4.69, 9.17) is 4.74 Å². The molecule has 7 heteroatoms. The summed E-state index contributed by atoms with van der Waals surface area (Å²) < 4.78 is 6.42. The van der Waals surface area contributed by atoms with Crippen molar-refractivity contribution in [2.45, 2.75) is 96.8 Å². The molecule has 5 rings (SSSR count). The van der Waals surface area contributed by atoms with E-state index in [0.29, 0.717) is 31.6 Å². The summed E-state index contributed by atoms with van der Waals surface area (Å²) in [5.41, 5.74) is -0.446. The summed E-state index contributed by atoms with van der Waals surface area (Å²) in [4.78, 5) is 39.5. The Morgan fingerprint density at radius 3 is 2.70 bits per heavy atom. The van der Waals surface area contributed by atoms with Crippen molar-refractivity contribution in [1.82, 2.24) is 5.32 Å². The van der Waals surface area contributed by atoms with Crippen LogP contribution in [0.2, 0.25) is 0 Å². The molecule has 2 spiro atoms. The largest absolute Gasteiger partial charge is 0.461 e. The Hall–Kier alpha value is -2.12. The summed E-state index contributed by atoms with van der Waals surface area (Å²) >= 11 is 1.43. The normalized spacial score (nSPS) is 41.6. The zero-order valence-corrected chi connectivity index (χ0v) is 25.4. The minimum Gasteiger partial charge on any atom is -0.461 e. The lowest BCUT2D eigenvalue weighted by molar-refractivity contribution is -0.257. The fourth-order valence-electron chi connectivity index (χ4n) is 9.43. The minimum absolute atomic E-state index is 0.00219. The summed E-state index contributed by atoms with van der Waals surface area (Å²) in [5, 5.41) is 14.6. The van der Waals surface area contributed by atoms with Gasteiger partial charge in [0.1, 0.15) is 11.9 Å². The van der Waals surface area contributed by atoms with Gasteiger partial charge in [0.25, 0.3) is 0 Å². The van der Waals surface area contributed by atoms with E-state index < -0.39 is 17.6 Å². The summed E-state index contributed by atoms with van der Waals surface area (Å²) in [6.07, 6.45) is 4.82. The lowest BCUT2D eigenvalue weighted by Crippen LogP contribution is -2.71. The van der Waals surface area contributed by atoms with Crippen molar-refractivity contribution in [3.05, 3.63) is 42.5 Å². The maximum absolute atomic E-state index is 13.4. The quantitative estimate of drug-likeness (QED) is 0.237. The average molecular weight is 568 g/mol. The van der Waals surface area contributed by atoms with E-state index in [9.17, 15) is 19.5 Å². The number of rotatable bonds is 8. The van der Waals surface area contributed by atoms with Crippen LogP contribution in [-0.4, -0.2) is 40.7 Å². The molecule has 6 nitrogen and oxygen atoms in total. The van der Waals surface area contributed by atoms with Gasteiger partial charge in [-0.1, -0.05) is 52.8 Å². The molecule has 0 aliphatic heterocycles. The van der Waals surface area contributed by atoms with E-state index in [1.807, 2.05) is 44.2 Å². The molecule has 1 aromatic rings. The van der Waals surface area contributed by atoms with E-state index in [1.54, 1.807) is 0 Å². The number of hydrogen-bond acceptors (Lipinski definition) is 6. The first-order chi connectivity index (χ1) is 18.9. The third-order valence-corrected chi connectivity index (χ3v) is 12.6. The Morgan fingerprint density at radius 2 is 2.00 bits per heavy atom. The van der Waals surface area contributed by atoms with Crippen molar-refractivity contribution in [2.24, 2.45) is 39.4 Å². The van der Waals surface area contributed by atoms with Crippen molar-refractivity contribution in [1.29, 1.82) is 0 Å². The molecule has 218 valence electrons. The van der Waals surface area contributed by atoms with Gasteiger partial charge in [-0.3, -0.25) is 14.4 Å². The van der Waals surface area contributed by atoms with Crippen LogP contribution in [-0.2, 0) is 25.7 Å². The highest BCUT2D eigenvalue weighted by atomic mass is 32.2. The molecule has 0 heterocycles. The molecule has 2 N–H and O–H groups in total.